The number of nitrogens with zero attached hydrogens (tertiary/aromatic N) is 1. The summed E-state index contributed by atoms with van der Waals surface area (Å²) in [6.45, 7) is 4.01. The summed E-state index contributed by atoms with van der Waals surface area (Å²) in [6, 6.07) is 4.90. The number of esters is 1. The molecule has 0 saturated heterocycles. The lowest BCUT2D eigenvalue weighted by Gasteiger charge is -2.25. The Morgan fingerprint density at radius 3 is 3.00 bits per heavy atom. The summed E-state index contributed by atoms with van der Waals surface area (Å²) in [7, 11) is 0. The van der Waals surface area contributed by atoms with Crippen LogP contribution in [0, 0.1) is 0 Å². The molecule has 0 radical (unpaired) electrons. The molecule has 2 aliphatic heterocycles. The van der Waals surface area contributed by atoms with Crippen molar-refractivity contribution in [2.45, 2.75) is 19.9 Å². The minimum atomic E-state index is -0.546. The molecule has 1 aromatic carbocycles. The number of rotatable bonds is 3. The molecule has 1 aromatic rings. The number of fused-ring (bicyclic) bond motifs is 1. The Hall–Kier alpha value is -2.74. The molecule has 2 heterocycles. The van der Waals surface area contributed by atoms with Crippen LogP contribution in [0.4, 0.5) is 0 Å². The van der Waals surface area contributed by atoms with E-state index < -0.39 is 12.0 Å². The zero-order chi connectivity index (χ0) is 16.4. The normalized spacial score (nSPS) is 19.1. The Bertz CT molecular complexity index is 699. The maximum Gasteiger partial charge on any atom is 0.338 e. The maximum absolute atomic E-state index is 12.3. The molecular weight excluding hydrogens is 300 g/mol. The summed E-state index contributed by atoms with van der Waals surface area (Å²) in [4.78, 5) is 16.8. The van der Waals surface area contributed by atoms with Gasteiger partial charge in [-0.25, -0.2) is 15.6 Å². The first-order chi connectivity index (χ1) is 11.1. The van der Waals surface area contributed by atoms with E-state index in [-0.39, 0.29) is 13.4 Å². The molecule has 0 saturated carbocycles. The van der Waals surface area contributed by atoms with Crippen LogP contribution in [0.5, 0.6) is 11.5 Å². The van der Waals surface area contributed by atoms with Gasteiger partial charge < -0.3 is 19.5 Å². The van der Waals surface area contributed by atoms with Crippen LogP contribution in [0.15, 0.2) is 34.5 Å². The van der Waals surface area contributed by atoms with Gasteiger partial charge in [-0.15, -0.1) is 0 Å². The van der Waals surface area contributed by atoms with E-state index in [9.17, 15) is 4.79 Å². The highest BCUT2D eigenvalue weighted by Crippen LogP contribution is 2.38. The fraction of sp³-hybridized carbons (Fsp3) is 0.333. The van der Waals surface area contributed by atoms with Crippen LogP contribution in [-0.4, -0.2) is 25.3 Å². The third-order valence-electron chi connectivity index (χ3n) is 3.59. The molecule has 4 N–H and O–H groups in total. The van der Waals surface area contributed by atoms with Crippen molar-refractivity contribution in [3.63, 3.8) is 0 Å². The standard InChI is InChI=1S/C15H18N4O4/c1-3-21-14(20)12-8(2)17-15(19-16)18-13(12)9-4-5-10-11(6-9)23-7-22-10/h4-6,13H,3,7,16H2,1-2H3,(H2,17,18,19)/t13-/m1/s1. The van der Waals surface area contributed by atoms with Crippen molar-refractivity contribution in [2.24, 2.45) is 10.8 Å². The fourth-order valence-electron chi connectivity index (χ4n) is 2.55. The van der Waals surface area contributed by atoms with E-state index in [2.05, 4.69) is 15.7 Å². The average Bonchev–Trinajstić information content (AvgIpc) is 3.01. The lowest BCUT2D eigenvalue weighted by Crippen LogP contribution is -2.44. The Balaban J connectivity index is 2.02. The first kappa shape index (κ1) is 15.2. The van der Waals surface area contributed by atoms with Crippen molar-refractivity contribution >= 4 is 11.9 Å². The summed E-state index contributed by atoms with van der Waals surface area (Å²) < 4.78 is 15.9. The summed E-state index contributed by atoms with van der Waals surface area (Å²) >= 11 is 0. The Labute approximate surface area is 133 Å². The SMILES string of the molecule is CCOC(=O)C1=C(C)NC(NN)=N[C@@H]1c1ccc2c(c1)OCO2. The molecule has 0 aliphatic carbocycles. The van der Waals surface area contributed by atoms with E-state index in [1.807, 2.05) is 12.1 Å². The molecule has 8 nitrogen and oxygen atoms in total. The number of ether oxygens (including phenoxy) is 3. The Kier molecular flexibility index (Phi) is 4.07. The number of hydrazine groups is 1. The molecular formula is C15H18N4O4. The Morgan fingerprint density at radius 2 is 2.26 bits per heavy atom. The fourth-order valence-corrected chi connectivity index (χ4v) is 2.55. The van der Waals surface area contributed by atoms with E-state index in [4.69, 9.17) is 20.1 Å². The van der Waals surface area contributed by atoms with Crippen LogP contribution < -0.4 is 26.1 Å². The van der Waals surface area contributed by atoms with Crippen molar-refractivity contribution in [1.29, 1.82) is 0 Å². The molecule has 2 aliphatic rings. The van der Waals surface area contributed by atoms with Crippen LogP contribution in [0.25, 0.3) is 0 Å². The number of nitrogens with one attached hydrogen (secondary N) is 2. The van der Waals surface area contributed by atoms with Gasteiger partial charge in [0.15, 0.2) is 11.5 Å². The molecule has 0 spiro atoms. The van der Waals surface area contributed by atoms with E-state index in [0.717, 1.165) is 5.56 Å². The summed E-state index contributed by atoms with van der Waals surface area (Å²) in [5, 5.41) is 2.94. The van der Waals surface area contributed by atoms with Gasteiger partial charge in [-0.3, -0.25) is 5.43 Å². The number of carbonyl (C=O) groups is 1. The minimum absolute atomic E-state index is 0.184. The number of hydrogen-bond donors (Lipinski definition) is 3. The third-order valence-corrected chi connectivity index (χ3v) is 3.59. The highest BCUT2D eigenvalue weighted by Gasteiger charge is 2.31. The molecule has 0 unspecified atom stereocenters. The molecule has 8 heteroatoms. The second kappa shape index (κ2) is 6.17. The highest BCUT2D eigenvalue weighted by molar-refractivity contribution is 5.95. The van der Waals surface area contributed by atoms with Crippen molar-refractivity contribution in [1.82, 2.24) is 10.7 Å². The summed E-state index contributed by atoms with van der Waals surface area (Å²) in [5.41, 5.74) is 4.33. The van der Waals surface area contributed by atoms with Crippen LogP contribution in [0.2, 0.25) is 0 Å². The average molecular weight is 318 g/mol. The minimum Gasteiger partial charge on any atom is -0.463 e. The van der Waals surface area contributed by atoms with Crippen molar-refractivity contribution < 1.29 is 19.0 Å². The molecule has 23 heavy (non-hydrogen) atoms. The smallest absolute Gasteiger partial charge is 0.338 e. The molecule has 0 bridgehead atoms. The van der Waals surface area contributed by atoms with Gasteiger partial charge in [0, 0.05) is 5.70 Å². The van der Waals surface area contributed by atoms with Gasteiger partial charge >= 0.3 is 5.97 Å². The van der Waals surface area contributed by atoms with E-state index in [1.165, 1.54) is 0 Å². The number of aliphatic imine (C=N–C) groups is 1. The number of nitrogens with two attached hydrogens (primary N) is 1. The molecule has 0 amide bonds. The number of benzene rings is 1. The van der Waals surface area contributed by atoms with Gasteiger partial charge in [0.05, 0.1) is 12.2 Å². The number of allylic oxidation sites excluding steroid dienone is 1. The van der Waals surface area contributed by atoms with Crippen LogP contribution in [0.1, 0.15) is 25.5 Å². The van der Waals surface area contributed by atoms with E-state index in [1.54, 1.807) is 19.9 Å². The van der Waals surface area contributed by atoms with Crippen molar-refractivity contribution in [3.05, 3.63) is 35.0 Å². The van der Waals surface area contributed by atoms with E-state index in [0.29, 0.717) is 28.7 Å². The van der Waals surface area contributed by atoms with Crippen molar-refractivity contribution in [2.75, 3.05) is 13.4 Å². The second-order valence-corrected chi connectivity index (χ2v) is 5.02. The van der Waals surface area contributed by atoms with Crippen LogP contribution in [-0.2, 0) is 9.53 Å². The quantitative estimate of drug-likeness (QED) is 0.428. The Morgan fingerprint density at radius 1 is 1.48 bits per heavy atom. The monoisotopic (exact) mass is 318 g/mol. The lowest BCUT2D eigenvalue weighted by molar-refractivity contribution is -0.138. The van der Waals surface area contributed by atoms with Crippen LogP contribution in [0.3, 0.4) is 0 Å². The zero-order valence-corrected chi connectivity index (χ0v) is 12.9. The number of guanidine groups is 1. The molecule has 1 atom stereocenters. The van der Waals surface area contributed by atoms with Gasteiger partial charge in [0.2, 0.25) is 12.8 Å². The summed E-state index contributed by atoms with van der Waals surface area (Å²) in [5.74, 6) is 6.70. The second-order valence-electron chi connectivity index (χ2n) is 5.02. The topological polar surface area (TPSA) is 107 Å². The maximum atomic E-state index is 12.3. The van der Waals surface area contributed by atoms with Gasteiger partial charge in [0.25, 0.3) is 0 Å². The highest BCUT2D eigenvalue weighted by atomic mass is 16.7. The van der Waals surface area contributed by atoms with Crippen LogP contribution >= 0.6 is 0 Å². The largest absolute Gasteiger partial charge is 0.463 e. The first-order valence-corrected chi connectivity index (χ1v) is 7.23. The van der Waals surface area contributed by atoms with Gasteiger partial charge in [-0.05, 0) is 31.5 Å². The predicted molar refractivity (Wildman–Crippen MR) is 82.5 cm³/mol. The van der Waals surface area contributed by atoms with Gasteiger partial charge in [-0.1, -0.05) is 6.07 Å². The molecule has 122 valence electrons. The van der Waals surface area contributed by atoms with Gasteiger partial charge in [-0.2, -0.15) is 0 Å². The molecule has 3 rings (SSSR count). The molecule has 0 aromatic heterocycles. The first-order valence-electron chi connectivity index (χ1n) is 7.23. The van der Waals surface area contributed by atoms with Crippen molar-refractivity contribution in [3.8, 4) is 11.5 Å². The van der Waals surface area contributed by atoms with E-state index >= 15 is 0 Å². The number of hydrogen-bond acceptors (Lipinski definition) is 8. The number of carbonyl (C=O) groups excluding carboxylic acids is 1. The zero-order valence-electron chi connectivity index (χ0n) is 12.9. The predicted octanol–water partition coefficient (Wildman–Crippen LogP) is 0.716. The third kappa shape index (κ3) is 2.80. The summed E-state index contributed by atoms with van der Waals surface area (Å²) in [6.07, 6.45) is 0. The molecule has 0 fully saturated rings. The lowest BCUT2D eigenvalue weighted by atomic mass is 9.96. The van der Waals surface area contributed by atoms with Gasteiger partial charge in [0.1, 0.15) is 6.04 Å².